The molecule has 1 aliphatic rings. The molecule has 0 spiro atoms. The normalized spacial score (nSPS) is 15.1. The van der Waals surface area contributed by atoms with E-state index in [9.17, 15) is 0 Å². The molecule has 3 aromatic heterocycles. The Morgan fingerprint density at radius 1 is 0.787 bits per heavy atom. The van der Waals surface area contributed by atoms with Crippen LogP contribution in [0.2, 0.25) is 19.6 Å². The van der Waals surface area contributed by atoms with Crippen molar-refractivity contribution in [3.8, 4) is 22.5 Å². The second-order valence-corrected chi connectivity index (χ2v) is 20.5. The molecule has 3 nitrogen and oxygen atoms in total. The minimum Gasteiger partial charge on any atom is -0.501 e. The molecule has 1 radical (unpaired) electrons. The Hall–Kier alpha value is -3.37. The molecule has 7 rings (SSSR count). The first-order valence-electron chi connectivity index (χ1n) is 16.6. The summed E-state index contributed by atoms with van der Waals surface area (Å²) in [6.45, 7) is 20.9. The molecule has 3 heterocycles. The van der Waals surface area contributed by atoms with Crippen molar-refractivity contribution in [1.82, 2.24) is 9.97 Å². The van der Waals surface area contributed by atoms with Gasteiger partial charge < -0.3 is 14.4 Å². The number of pyridine rings is 2. The molecule has 1 aliphatic carbocycles. The molecule has 3 aromatic carbocycles. The number of rotatable bonds is 4. The second kappa shape index (κ2) is 13.3. The summed E-state index contributed by atoms with van der Waals surface area (Å²) < 4.78 is 6.16. The molecule has 245 valence electrons. The van der Waals surface area contributed by atoms with Gasteiger partial charge in [-0.2, -0.15) is 0 Å². The fourth-order valence-electron chi connectivity index (χ4n) is 6.47. The van der Waals surface area contributed by atoms with E-state index in [1.54, 1.807) is 6.20 Å². The van der Waals surface area contributed by atoms with Crippen molar-refractivity contribution >= 4 is 35.2 Å². The van der Waals surface area contributed by atoms with Crippen molar-refractivity contribution in [2.45, 2.75) is 90.8 Å². The summed E-state index contributed by atoms with van der Waals surface area (Å²) in [5, 5.41) is 3.71. The monoisotopic (exact) mass is 815 g/mol. The van der Waals surface area contributed by atoms with Gasteiger partial charge in [-0.15, -0.1) is 53.2 Å². The van der Waals surface area contributed by atoms with Crippen LogP contribution < -0.4 is 5.19 Å². The smallest absolute Gasteiger partial charge is 0.121 e. The molecular formula is C42H46IrN2OSi-2. The third-order valence-electron chi connectivity index (χ3n) is 9.74. The summed E-state index contributed by atoms with van der Waals surface area (Å²) in [7, 11) is -1.27. The number of furan rings is 1. The molecule has 0 unspecified atom stereocenters. The Morgan fingerprint density at radius 2 is 1.53 bits per heavy atom. The zero-order valence-corrected chi connectivity index (χ0v) is 32.6. The van der Waals surface area contributed by atoms with Crippen LogP contribution in [0.4, 0.5) is 0 Å². The Bertz CT molecular complexity index is 2000. The molecule has 0 bridgehead atoms. The molecular weight excluding hydrogens is 769 g/mol. The Kier molecular flexibility index (Phi) is 9.86. The summed E-state index contributed by atoms with van der Waals surface area (Å²) in [5.74, 6) is 0.486. The van der Waals surface area contributed by atoms with Crippen LogP contribution in [0, 0.1) is 12.1 Å². The summed E-state index contributed by atoms with van der Waals surface area (Å²) in [5.41, 5.74) is 10.4. The SMILES string of the molecule is CC(C)c1ccc2c(c1)oc1c(-c3ccccn3)[c-]ccc12.CC1(C)CCC(C)(C)c2cc(-c3[c-]cc([Si](C)(C)C)cc3)ncc21.[Ir]. The standard InChI is InChI=1S/C22H30NSi.C20H16NO.Ir/c1-21(2)12-13-22(3,4)19-15-23-20(14-18(19)21)16-8-10-17(11-9-16)24(5,6)7;1-13(2)14-9-10-15-16-6-5-7-17(18-8-3-4-11-21-18)20(16)22-19(15)12-14;/h8,10-11,14-15H,12-13H2,1-7H3;3-6,8-13H,1-2H3;/q2*-1;. The molecule has 0 fully saturated rings. The number of nitrogens with zero attached hydrogens (tertiary/aromatic N) is 2. The van der Waals surface area contributed by atoms with Gasteiger partial charge in [0, 0.05) is 46.0 Å². The van der Waals surface area contributed by atoms with Crippen LogP contribution in [0.25, 0.3) is 44.5 Å². The molecule has 0 N–H and O–H groups in total. The van der Waals surface area contributed by atoms with E-state index in [-0.39, 0.29) is 30.9 Å². The molecule has 5 heteroatoms. The number of benzene rings is 3. The molecule has 0 atom stereocenters. The first-order valence-corrected chi connectivity index (χ1v) is 20.1. The average molecular weight is 815 g/mol. The number of aromatic nitrogens is 2. The minimum atomic E-state index is -1.27. The van der Waals surface area contributed by atoms with Gasteiger partial charge in [0.05, 0.1) is 5.58 Å². The maximum Gasteiger partial charge on any atom is 0.121 e. The Morgan fingerprint density at radius 3 is 2.17 bits per heavy atom. The summed E-state index contributed by atoms with van der Waals surface area (Å²) in [6.07, 6.45) is 6.37. The molecule has 6 aromatic rings. The van der Waals surface area contributed by atoms with E-state index in [1.165, 1.54) is 34.7 Å². The predicted molar refractivity (Wildman–Crippen MR) is 197 cm³/mol. The van der Waals surface area contributed by atoms with E-state index in [0.717, 1.165) is 44.5 Å². The van der Waals surface area contributed by atoms with Crippen LogP contribution in [0.1, 0.15) is 77.0 Å². The van der Waals surface area contributed by atoms with E-state index < -0.39 is 8.07 Å². The zero-order chi connectivity index (χ0) is 32.9. The summed E-state index contributed by atoms with van der Waals surface area (Å²) >= 11 is 0. The van der Waals surface area contributed by atoms with Crippen LogP contribution >= 0.6 is 0 Å². The van der Waals surface area contributed by atoms with Crippen LogP contribution in [-0.2, 0) is 30.9 Å². The van der Waals surface area contributed by atoms with Crippen molar-refractivity contribution < 1.29 is 24.5 Å². The third kappa shape index (κ3) is 7.09. The van der Waals surface area contributed by atoms with E-state index in [4.69, 9.17) is 9.40 Å². The van der Waals surface area contributed by atoms with Crippen LogP contribution in [0.5, 0.6) is 0 Å². The summed E-state index contributed by atoms with van der Waals surface area (Å²) in [6, 6.07) is 32.1. The number of hydrogen-bond acceptors (Lipinski definition) is 3. The van der Waals surface area contributed by atoms with E-state index >= 15 is 0 Å². The maximum atomic E-state index is 6.16. The van der Waals surface area contributed by atoms with Crippen LogP contribution in [-0.4, -0.2) is 18.0 Å². The van der Waals surface area contributed by atoms with Gasteiger partial charge in [-0.05, 0) is 69.8 Å². The van der Waals surface area contributed by atoms with E-state index in [2.05, 4.69) is 133 Å². The van der Waals surface area contributed by atoms with Gasteiger partial charge >= 0.3 is 0 Å². The van der Waals surface area contributed by atoms with Gasteiger partial charge in [-0.1, -0.05) is 102 Å². The fourth-order valence-corrected chi connectivity index (χ4v) is 7.55. The van der Waals surface area contributed by atoms with Gasteiger partial charge in [0.2, 0.25) is 0 Å². The average Bonchev–Trinajstić information content (AvgIpc) is 3.42. The fraction of sp³-hybridized carbons (Fsp3) is 0.333. The minimum absolute atomic E-state index is 0. The summed E-state index contributed by atoms with van der Waals surface area (Å²) in [4.78, 5) is 9.22. The quantitative estimate of drug-likeness (QED) is 0.131. The van der Waals surface area contributed by atoms with Crippen LogP contribution in [0.15, 0.2) is 89.6 Å². The van der Waals surface area contributed by atoms with Crippen molar-refractivity contribution in [1.29, 1.82) is 0 Å². The van der Waals surface area contributed by atoms with Gasteiger partial charge in [0.1, 0.15) is 5.58 Å². The Balaban J connectivity index is 0.000000181. The van der Waals surface area contributed by atoms with E-state index in [1.807, 2.05) is 24.3 Å². The third-order valence-corrected chi connectivity index (χ3v) is 11.8. The Labute approximate surface area is 295 Å². The molecule has 0 saturated heterocycles. The van der Waals surface area contributed by atoms with Crippen molar-refractivity contribution in [3.63, 3.8) is 0 Å². The van der Waals surface area contributed by atoms with Gasteiger partial charge in [-0.25, -0.2) is 0 Å². The first kappa shape index (κ1) is 34.9. The van der Waals surface area contributed by atoms with Crippen molar-refractivity contribution in [2.75, 3.05) is 0 Å². The molecule has 0 saturated carbocycles. The van der Waals surface area contributed by atoms with Crippen molar-refractivity contribution in [3.05, 3.63) is 114 Å². The predicted octanol–water partition coefficient (Wildman–Crippen LogP) is 11.0. The molecule has 47 heavy (non-hydrogen) atoms. The molecule has 0 amide bonds. The first-order chi connectivity index (χ1) is 21.7. The van der Waals surface area contributed by atoms with Gasteiger partial charge in [0.25, 0.3) is 0 Å². The van der Waals surface area contributed by atoms with Crippen LogP contribution in [0.3, 0.4) is 0 Å². The second-order valence-electron chi connectivity index (χ2n) is 15.4. The maximum absolute atomic E-state index is 6.16. The largest absolute Gasteiger partial charge is 0.501 e. The topological polar surface area (TPSA) is 38.9 Å². The molecule has 0 aliphatic heterocycles. The van der Waals surface area contributed by atoms with E-state index in [0.29, 0.717) is 5.92 Å². The van der Waals surface area contributed by atoms with Gasteiger partial charge in [0.15, 0.2) is 0 Å². The number of fused-ring (bicyclic) bond motifs is 4. The van der Waals surface area contributed by atoms with Crippen molar-refractivity contribution in [2.24, 2.45) is 0 Å². The number of hydrogen-bond donors (Lipinski definition) is 0. The zero-order valence-electron chi connectivity index (χ0n) is 29.2. The van der Waals surface area contributed by atoms with Gasteiger partial charge in [-0.3, -0.25) is 0 Å².